The molecular weight excluding hydrogens is 324 g/mol. The normalized spacial score (nSPS) is 10.8. The standard InChI is InChI=1S/C17H10N4O2S/c18-9-11-1-3-12(4-2-11)16-20-19-15(23-16)10-21-7-5-14-13(17(21)22)6-8-24-14/h1-8H,10H2. The Bertz CT molecular complexity index is 1120. The van der Waals surface area contributed by atoms with Crippen LogP contribution in [0.1, 0.15) is 11.5 Å². The van der Waals surface area contributed by atoms with E-state index in [1.54, 1.807) is 35.0 Å². The lowest BCUT2D eigenvalue weighted by atomic mass is 10.1. The highest BCUT2D eigenvalue weighted by Crippen LogP contribution is 2.19. The Labute approximate surface area is 140 Å². The molecule has 0 amide bonds. The number of thiophene rings is 1. The van der Waals surface area contributed by atoms with E-state index in [4.69, 9.17) is 9.68 Å². The molecule has 0 bridgehead atoms. The van der Waals surface area contributed by atoms with Gasteiger partial charge in [0.1, 0.15) is 6.54 Å². The van der Waals surface area contributed by atoms with Crippen molar-refractivity contribution in [1.29, 1.82) is 5.26 Å². The van der Waals surface area contributed by atoms with Crippen LogP contribution in [0, 0.1) is 11.3 Å². The van der Waals surface area contributed by atoms with E-state index in [1.165, 1.54) is 11.3 Å². The number of benzene rings is 1. The zero-order chi connectivity index (χ0) is 16.5. The lowest BCUT2D eigenvalue weighted by Gasteiger charge is -2.01. The van der Waals surface area contributed by atoms with Gasteiger partial charge in [-0.25, -0.2) is 0 Å². The van der Waals surface area contributed by atoms with Crippen LogP contribution >= 0.6 is 11.3 Å². The number of hydrogen-bond donors (Lipinski definition) is 0. The van der Waals surface area contributed by atoms with Gasteiger partial charge in [0.15, 0.2) is 0 Å². The molecule has 24 heavy (non-hydrogen) atoms. The van der Waals surface area contributed by atoms with Crippen molar-refractivity contribution in [3.05, 3.63) is 69.8 Å². The average molecular weight is 334 g/mol. The molecule has 1 aromatic carbocycles. The van der Waals surface area contributed by atoms with Crippen LogP contribution in [0.4, 0.5) is 0 Å². The maximum atomic E-state index is 12.4. The van der Waals surface area contributed by atoms with Crippen LogP contribution in [0.5, 0.6) is 0 Å². The lowest BCUT2D eigenvalue weighted by molar-refractivity contribution is 0.485. The first-order chi connectivity index (χ1) is 11.7. The van der Waals surface area contributed by atoms with Gasteiger partial charge in [0.25, 0.3) is 5.56 Å². The molecule has 6 nitrogen and oxygen atoms in total. The van der Waals surface area contributed by atoms with Gasteiger partial charge in [0.2, 0.25) is 11.8 Å². The minimum Gasteiger partial charge on any atom is -0.419 e. The van der Waals surface area contributed by atoms with Gasteiger partial charge in [-0.15, -0.1) is 21.5 Å². The largest absolute Gasteiger partial charge is 0.419 e. The Balaban J connectivity index is 1.63. The number of hydrogen-bond acceptors (Lipinski definition) is 6. The summed E-state index contributed by atoms with van der Waals surface area (Å²) < 4.78 is 8.14. The molecule has 7 heteroatoms. The third-order valence-electron chi connectivity index (χ3n) is 3.63. The summed E-state index contributed by atoms with van der Waals surface area (Å²) in [5.41, 5.74) is 1.22. The van der Waals surface area contributed by atoms with Crippen molar-refractivity contribution in [3.63, 3.8) is 0 Å². The molecule has 4 aromatic rings. The maximum Gasteiger partial charge on any atom is 0.259 e. The van der Waals surface area contributed by atoms with Gasteiger partial charge in [0.05, 0.1) is 17.0 Å². The average Bonchev–Trinajstić information content (AvgIpc) is 3.27. The summed E-state index contributed by atoms with van der Waals surface area (Å²) in [6, 6.07) is 12.7. The molecule has 116 valence electrons. The highest BCUT2D eigenvalue weighted by molar-refractivity contribution is 7.17. The third-order valence-corrected chi connectivity index (χ3v) is 4.51. The highest BCUT2D eigenvalue weighted by atomic mass is 32.1. The van der Waals surface area contributed by atoms with Crippen LogP contribution in [0.2, 0.25) is 0 Å². The zero-order valence-corrected chi connectivity index (χ0v) is 13.2. The summed E-state index contributed by atoms with van der Waals surface area (Å²) in [5, 5.41) is 19.4. The number of rotatable bonds is 3. The van der Waals surface area contributed by atoms with Gasteiger partial charge in [-0.1, -0.05) is 0 Å². The molecule has 3 heterocycles. The van der Waals surface area contributed by atoms with Crippen LogP contribution in [-0.4, -0.2) is 14.8 Å². The van der Waals surface area contributed by atoms with Crippen molar-refractivity contribution in [3.8, 4) is 17.5 Å². The molecule has 0 atom stereocenters. The highest BCUT2D eigenvalue weighted by Gasteiger charge is 2.11. The molecule has 0 aliphatic heterocycles. The zero-order valence-electron chi connectivity index (χ0n) is 12.3. The Hall–Kier alpha value is -3.24. The summed E-state index contributed by atoms with van der Waals surface area (Å²) >= 11 is 1.53. The van der Waals surface area contributed by atoms with Crippen molar-refractivity contribution in [2.24, 2.45) is 0 Å². The van der Waals surface area contributed by atoms with E-state index in [-0.39, 0.29) is 12.1 Å². The predicted molar refractivity (Wildman–Crippen MR) is 89.6 cm³/mol. The number of nitriles is 1. The molecule has 0 N–H and O–H groups in total. The van der Waals surface area contributed by atoms with Gasteiger partial charge < -0.3 is 8.98 Å². The molecule has 4 rings (SSSR count). The molecule has 0 spiro atoms. The van der Waals surface area contributed by atoms with Crippen molar-refractivity contribution in [2.75, 3.05) is 0 Å². The van der Waals surface area contributed by atoms with Crippen LogP contribution in [0.3, 0.4) is 0 Å². The lowest BCUT2D eigenvalue weighted by Crippen LogP contribution is -2.19. The molecule has 3 aromatic heterocycles. The smallest absolute Gasteiger partial charge is 0.259 e. The monoisotopic (exact) mass is 334 g/mol. The second kappa shape index (κ2) is 5.76. The van der Waals surface area contributed by atoms with E-state index in [9.17, 15) is 4.79 Å². The fraction of sp³-hybridized carbons (Fsp3) is 0.0588. The van der Waals surface area contributed by atoms with E-state index >= 15 is 0 Å². The number of fused-ring (bicyclic) bond motifs is 1. The molecule has 0 fully saturated rings. The van der Waals surface area contributed by atoms with Crippen molar-refractivity contribution >= 4 is 21.4 Å². The Morgan fingerprint density at radius 2 is 2.00 bits per heavy atom. The minimum atomic E-state index is -0.0770. The second-order valence-corrected chi connectivity index (χ2v) is 6.09. The van der Waals surface area contributed by atoms with Crippen molar-refractivity contribution in [1.82, 2.24) is 14.8 Å². The molecule has 0 radical (unpaired) electrons. The van der Waals surface area contributed by atoms with Gasteiger partial charge in [0, 0.05) is 16.5 Å². The van der Waals surface area contributed by atoms with Gasteiger partial charge in [-0.3, -0.25) is 4.79 Å². The quantitative estimate of drug-likeness (QED) is 0.575. The Morgan fingerprint density at radius 1 is 1.17 bits per heavy atom. The first kappa shape index (κ1) is 14.4. The van der Waals surface area contributed by atoms with Crippen LogP contribution in [-0.2, 0) is 6.54 Å². The Morgan fingerprint density at radius 3 is 2.79 bits per heavy atom. The molecular formula is C17H10N4O2S. The third kappa shape index (κ3) is 2.49. The summed E-state index contributed by atoms with van der Waals surface area (Å²) in [7, 11) is 0. The summed E-state index contributed by atoms with van der Waals surface area (Å²) in [6.07, 6.45) is 1.73. The number of aromatic nitrogens is 3. The first-order valence-corrected chi connectivity index (χ1v) is 8.02. The summed E-state index contributed by atoms with van der Waals surface area (Å²) in [6.45, 7) is 0.216. The predicted octanol–water partition coefficient (Wildman–Crippen LogP) is 3.03. The fourth-order valence-electron chi connectivity index (χ4n) is 2.40. The molecule has 0 unspecified atom stereocenters. The van der Waals surface area contributed by atoms with Gasteiger partial charge in [-0.2, -0.15) is 5.26 Å². The van der Waals surface area contributed by atoms with Crippen LogP contribution in [0.15, 0.2) is 57.2 Å². The summed E-state index contributed by atoms with van der Waals surface area (Å²) in [4.78, 5) is 12.4. The molecule has 0 aliphatic rings. The second-order valence-electron chi connectivity index (χ2n) is 5.14. The maximum absolute atomic E-state index is 12.4. The number of pyridine rings is 1. The SMILES string of the molecule is N#Cc1ccc(-c2nnc(Cn3ccc4sccc4c3=O)o2)cc1. The molecule has 0 saturated carbocycles. The molecule has 0 saturated heterocycles. The summed E-state index contributed by atoms with van der Waals surface area (Å²) in [5.74, 6) is 0.713. The minimum absolute atomic E-state index is 0.0770. The van der Waals surface area contributed by atoms with Gasteiger partial charge >= 0.3 is 0 Å². The van der Waals surface area contributed by atoms with E-state index in [0.29, 0.717) is 22.7 Å². The van der Waals surface area contributed by atoms with E-state index in [0.717, 1.165) is 10.3 Å². The van der Waals surface area contributed by atoms with Crippen molar-refractivity contribution < 1.29 is 4.42 Å². The van der Waals surface area contributed by atoms with E-state index < -0.39 is 0 Å². The number of nitrogens with zero attached hydrogens (tertiary/aromatic N) is 4. The van der Waals surface area contributed by atoms with Crippen LogP contribution in [0.25, 0.3) is 21.5 Å². The first-order valence-electron chi connectivity index (χ1n) is 7.14. The topological polar surface area (TPSA) is 84.7 Å². The van der Waals surface area contributed by atoms with Crippen LogP contribution < -0.4 is 5.56 Å². The van der Waals surface area contributed by atoms with E-state index in [1.807, 2.05) is 17.5 Å². The van der Waals surface area contributed by atoms with E-state index in [2.05, 4.69) is 16.3 Å². The van der Waals surface area contributed by atoms with Gasteiger partial charge in [-0.05, 0) is 41.8 Å². The Kier molecular flexibility index (Phi) is 3.44. The fourth-order valence-corrected chi connectivity index (χ4v) is 3.17. The van der Waals surface area contributed by atoms with Crippen molar-refractivity contribution in [2.45, 2.75) is 6.54 Å². The molecule has 0 aliphatic carbocycles.